The highest BCUT2D eigenvalue weighted by molar-refractivity contribution is 5.42. The van der Waals surface area contributed by atoms with Gasteiger partial charge >= 0.3 is 0 Å². The zero-order chi connectivity index (χ0) is 10.6. The summed E-state index contributed by atoms with van der Waals surface area (Å²) in [6, 6.07) is 7.50. The van der Waals surface area contributed by atoms with Crippen molar-refractivity contribution in [1.29, 1.82) is 0 Å². The number of carbonyl (C=O) groups excluding carboxylic acids is 1. The molecule has 14 heavy (non-hydrogen) atoms. The largest absolute Gasteiger partial charge is 0.496 e. The molecule has 0 saturated heterocycles. The first kappa shape index (κ1) is 10.5. The summed E-state index contributed by atoms with van der Waals surface area (Å²) in [6.45, 7) is 3.69. The fourth-order valence-electron chi connectivity index (χ4n) is 1.32. The zero-order valence-corrected chi connectivity index (χ0v) is 8.57. The lowest BCUT2D eigenvalue weighted by Gasteiger charge is -2.20. The summed E-state index contributed by atoms with van der Waals surface area (Å²) in [5, 5.41) is 0. The number of aliphatic imine (C=N–C) groups is 1. The number of rotatable bonds is 3. The second kappa shape index (κ2) is 4.07. The standard InChI is InChI=1S/C11H13NO2/c1-11(2,12-8-13)9-6-4-5-7-10(9)14-3/h4-7H,1-3H3. The second-order valence-electron chi connectivity index (χ2n) is 3.46. The fraction of sp³-hybridized carbons (Fsp3) is 0.364. The molecule has 74 valence electrons. The topological polar surface area (TPSA) is 38.7 Å². The molecular weight excluding hydrogens is 178 g/mol. The molecule has 1 rings (SSSR count). The Morgan fingerprint density at radius 2 is 2.00 bits per heavy atom. The van der Waals surface area contributed by atoms with Crippen LogP contribution in [0.2, 0.25) is 0 Å². The molecule has 3 heteroatoms. The third-order valence-electron chi connectivity index (χ3n) is 2.09. The van der Waals surface area contributed by atoms with E-state index in [1.54, 1.807) is 13.2 Å². The van der Waals surface area contributed by atoms with Crippen molar-refractivity contribution in [3.05, 3.63) is 29.8 Å². The Hall–Kier alpha value is -1.60. The van der Waals surface area contributed by atoms with Crippen LogP contribution < -0.4 is 4.74 Å². The van der Waals surface area contributed by atoms with E-state index in [4.69, 9.17) is 4.74 Å². The number of benzene rings is 1. The summed E-state index contributed by atoms with van der Waals surface area (Å²) in [5.41, 5.74) is 0.291. The van der Waals surface area contributed by atoms with Gasteiger partial charge in [-0.25, -0.2) is 4.79 Å². The van der Waals surface area contributed by atoms with Crippen molar-refractivity contribution >= 4 is 6.08 Å². The molecule has 0 unspecified atom stereocenters. The molecule has 0 atom stereocenters. The van der Waals surface area contributed by atoms with E-state index in [-0.39, 0.29) is 0 Å². The van der Waals surface area contributed by atoms with Gasteiger partial charge in [-0.1, -0.05) is 18.2 Å². The maximum atomic E-state index is 10.3. The van der Waals surface area contributed by atoms with Crippen molar-refractivity contribution in [2.75, 3.05) is 7.11 Å². The molecule has 0 aromatic heterocycles. The Bertz CT molecular complexity index is 365. The molecule has 0 aliphatic carbocycles. The third kappa shape index (κ3) is 2.01. The van der Waals surface area contributed by atoms with Crippen LogP contribution in [0.25, 0.3) is 0 Å². The molecule has 0 fully saturated rings. The van der Waals surface area contributed by atoms with Crippen LogP contribution in [0.4, 0.5) is 0 Å². The highest BCUT2D eigenvalue weighted by Crippen LogP contribution is 2.31. The van der Waals surface area contributed by atoms with Crippen molar-refractivity contribution < 1.29 is 9.53 Å². The van der Waals surface area contributed by atoms with Gasteiger partial charge in [0.2, 0.25) is 6.08 Å². The maximum Gasteiger partial charge on any atom is 0.235 e. The number of nitrogens with zero attached hydrogens (tertiary/aromatic N) is 1. The van der Waals surface area contributed by atoms with Crippen LogP contribution in [0.1, 0.15) is 19.4 Å². The van der Waals surface area contributed by atoms with Crippen molar-refractivity contribution in [3.8, 4) is 5.75 Å². The van der Waals surface area contributed by atoms with Gasteiger partial charge in [-0.15, -0.1) is 0 Å². The van der Waals surface area contributed by atoms with Gasteiger partial charge in [-0.05, 0) is 19.9 Å². The van der Waals surface area contributed by atoms with Crippen LogP contribution in [0.3, 0.4) is 0 Å². The minimum Gasteiger partial charge on any atom is -0.496 e. The van der Waals surface area contributed by atoms with E-state index in [0.29, 0.717) is 0 Å². The Kier molecular flexibility index (Phi) is 3.05. The van der Waals surface area contributed by atoms with Crippen LogP contribution in [0, 0.1) is 0 Å². The molecule has 1 aromatic rings. The number of hydrogen-bond acceptors (Lipinski definition) is 3. The average Bonchev–Trinajstić information content (AvgIpc) is 2.18. The van der Waals surface area contributed by atoms with E-state index in [1.807, 2.05) is 38.1 Å². The number of para-hydroxylation sites is 1. The summed E-state index contributed by atoms with van der Waals surface area (Å²) < 4.78 is 5.19. The first-order valence-corrected chi connectivity index (χ1v) is 4.34. The molecule has 1 aromatic carbocycles. The first-order valence-electron chi connectivity index (χ1n) is 4.34. The monoisotopic (exact) mass is 191 g/mol. The lowest BCUT2D eigenvalue weighted by Crippen LogP contribution is -2.14. The quantitative estimate of drug-likeness (QED) is 0.543. The lowest BCUT2D eigenvalue weighted by molar-refractivity contribution is 0.394. The maximum absolute atomic E-state index is 10.3. The van der Waals surface area contributed by atoms with Crippen LogP contribution >= 0.6 is 0 Å². The molecule has 0 N–H and O–H groups in total. The van der Waals surface area contributed by atoms with Gasteiger partial charge in [0.25, 0.3) is 0 Å². The SMILES string of the molecule is COc1ccccc1C(C)(C)N=C=O. The Morgan fingerprint density at radius 1 is 1.36 bits per heavy atom. The smallest absolute Gasteiger partial charge is 0.235 e. The molecule has 0 amide bonds. The van der Waals surface area contributed by atoms with E-state index in [2.05, 4.69) is 4.99 Å². The second-order valence-corrected chi connectivity index (χ2v) is 3.46. The van der Waals surface area contributed by atoms with Gasteiger partial charge in [0.1, 0.15) is 5.75 Å². The summed E-state index contributed by atoms with van der Waals surface area (Å²) in [4.78, 5) is 14.0. The van der Waals surface area contributed by atoms with Crippen LogP contribution in [-0.4, -0.2) is 13.2 Å². The molecule has 0 aliphatic rings. The van der Waals surface area contributed by atoms with Crippen molar-refractivity contribution in [2.24, 2.45) is 4.99 Å². The summed E-state index contributed by atoms with van der Waals surface area (Å²) in [6.07, 6.45) is 1.58. The van der Waals surface area contributed by atoms with E-state index >= 15 is 0 Å². The van der Waals surface area contributed by atoms with Gasteiger partial charge in [-0.3, -0.25) is 0 Å². The first-order chi connectivity index (χ1) is 6.61. The van der Waals surface area contributed by atoms with E-state index < -0.39 is 5.54 Å². The van der Waals surface area contributed by atoms with Crippen LogP contribution in [-0.2, 0) is 10.3 Å². The number of ether oxygens (including phenoxy) is 1. The Labute approximate surface area is 83.4 Å². The van der Waals surface area contributed by atoms with Gasteiger partial charge < -0.3 is 4.74 Å². The summed E-state index contributed by atoms with van der Waals surface area (Å²) >= 11 is 0. The number of methoxy groups -OCH3 is 1. The predicted octanol–water partition coefficient (Wildman–Crippen LogP) is 2.27. The van der Waals surface area contributed by atoms with E-state index in [1.165, 1.54) is 0 Å². The van der Waals surface area contributed by atoms with Gasteiger partial charge in [-0.2, -0.15) is 4.99 Å². The minimum absolute atomic E-state index is 0.589. The van der Waals surface area contributed by atoms with Gasteiger partial charge in [0.15, 0.2) is 0 Å². The molecule has 0 heterocycles. The average molecular weight is 191 g/mol. The third-order valence-corrected chi connectivity index (χ3v) is 2.09. The van der Waals surface area contributed by atoms with Gasteiger partial charge in [0, 0.05) is 5.56 Å². The molecule has 3 nitrogen and oxygen atoms in total. The molecule has 0 spiro atoms. The zero-order valence-electron chi connectivity index (χ0n) is 8.57. The van der Waals surface area contributed by atoms with Crippen molar-refractivity contribution in [2.45, 2.75) is 19.4 Å². The highest BCUT2D eigenvalue weighted by Gasteiger charge is 2.22. The van der Waals surface area contributed by atoms with Crippen molar-refractivity contribution in [1.82, 2.24) is 0 Å². The molecule has 0 bridgehead atoms. The fourth-order valence-corrected chi connectivity index (χ4v) is 1.32. The Balaban J connectivity index is 3.23. The number of hydrogen-bond donors (Lipinski definition) is 0. The summed E-state index contributed by atoms with van der Waals surface area (Å²) in [7, 11) is 1.60. The van der Waals surface area contributed by atoms with Gasteiger partial charge in [0.05, 0.1) is 12.6 Å². The van der Waals surface area contributed by atoms with Crippen LogP contribution in [0.5, 0.6) is 5.75 Å². The predicted molar refractivity (Wildman–Crippen MR) is 54.1 cm³/mol. The van der Waals surface area contributed by atoms with Crippen molar-refractivity contribution in [3.63, 3.8) is 0 Å². The lowest BCUT2D eigenvalue weighted by atomic mass is 9.94. The summed E-state index contributed by atoms with van der Waals surface area (Å²) in [5.74, 6) is 0.733. The molecule has 0 aliphatic heterocycles. The van der Waals surface area contributed by atoms with E-state index in [9.17, 15) is 4.79 Å². The molecule has 0 saturated carbocycles. The van der Waals surface area contributed by atoms with Crippen LogP contribution in [0.15, 0.2) is 29.3 Å². The van der Waals surface area contributed by atoms with E-state index in [0.717, 1.165) is 11.3 Å². The normalized spacial score (nSPS) is 10.5. The minimum atomic E-state index is -0.589. The molecule has 0 radical (unpaired) electrons. The Morgan fingerprint density at radius 3 is 2.57 bits per heavy atom. The number of isocyanates is 1. The highest BCUT2D eigenvalue weighted by atomic mass is 16.5. The molecular formula is C11H13NO2.